The molecule has 0 heterocycles. The lowest BCUT2D eigenvalue weighted by Crippen LogP contribution is -2.43. The molecular formula is C15H12BrF3O2. The van der Waals surface area contributed by atoms with Gasteiger partial charge in [-0.15, -0.1) is 0 Å². The Kier molecular flexibility index (Phi) is 4.30. The van der Waals surface area contributed by atoms with Crippen molar-refractivity contribution in [3.8, 4) is 5.75 Å². The van der Waals surface area contributed by atoms with E-state index in [0.29, 0.717) is 4.47 Å². The van der Waals surface area contributed by atoms with Crippen LogP contribution in [0.25, 0.3) is 0 Å². The summed E-state index contributed by atoms with van der Waals surface area (Å²) in [6, 6.07) is 10.9. The number of benzene rings is 2. The van der Waals surface area contributed by atoms with Gasteiger partial charge in [0, 0.05) is 10.0 Å². The van der Waals surface area contributed by atoms with E-state index >= 15 is 0 Å². The number of aliphatic hydroxyl groups is 1. The zero-order chi connectivity index (χ0) is 15.7. The minimum absolute atomic E-state index is 0.0276. The van der Waals surface area contributed by atoms with Crippen molar-refractivity contribution in [2.24, 2.45) is 0 Å². The van der Waals surface area contributed by atoms with E-state index in [4.69, 9.17) is 4.74 Å². The van der Waals surface area contributed by atoms with Gasteiger partial charge < -0.3 is 9.84 Å². The summed E-state index contributed by atoms with van der Waals surface area (Å²) in [6.45, 7) is 0. The SMILES string of the molecule is COc1ccccc1C(O)(c1ccc(Br)cc1)C(F)(F)F. The van der Waals surface area contributed by atoms with Crippen LogP contribution in [-0.2, 0) is 5.60 Å². The molecule has 21 heavy (non-hydrogen) atoms. The Labute approximate surface area is 128 Å². The highest BCUT2D eigenvalue weighted by atomic mass is 79.9. The summed E-state index contributed by atoms with van der Waals surface area (Å²) < 4.78 is 46.3. The molecule has 0 saturated heterocycles. The van der Waals surface area contributed by atoms with Gasteiger partial charge in [0.2, 0.25) is 5.60 Å². The second kappa shape index (κ2) is 5.69. The van der Waals surface area contributed by atoms with E-state index in [0.717, 1.165) is 0 Å². The van der Waals surface area contributed by atoms with Gasteiger partial charge in [0.15, 0.2) is 0 Å². The molecule has 0 amide bonds. The standard InChI is InChI=1S/C15H12BrF3O2/c1-21-13-5-3-2-4-12(13)14(20,15(17,18)19)10-6-8-11(16)9-7-10/h2-9,20H,1H3. The van der Waals surface area contributed by atoms with Crippen molar-refractivity contribution in [1.82, 2.24) is 0 Å². The maximum Gasteiger partial charge on any atom is 0.425 e. The molecule has 0 aliphatic heterocycles. The molecule has 0 aliphatic rings. The summed E-state index contributed by atoms with van der Waals surface area (Å²) in [5.41, 5.74) is -3.76. The molecule has 0 bridgehead atoms. The Hall–Kier alpha value is -1.53. The number of hydrogen-bond acceptors (Lipinski definition) is 2. The van der Waals surface area contributed by atoms with E-state index < -0.39 is 11.8 Å². The van der Waals surface area contributed by atoms with E-state index in [1.165, 1.54) is 49.6 Å². The molecule has 1 unspecified atom stereocenters. The first-order valence-electron chi connectivity index (χ1n) is 5.99. The maximum atomic E-state index is 13.6. The van der Waals surface area contributed by atoms with Crippen LogP contribution in [0.1, 0.15) is 11.1 Å². The lowest BCUT2D eigenvalue weighted by Gasteiger charge is -2.32. The van der Waals surface area contributed by atoms with E-state index in [2.05, 4.69) is 15.9 Å². The van der Waals surface area contributed by atoms with Gasteiger partial charge >= 0.3 is 6.18 Å². The molecule has 2 rings (SSSR count). The zero-order valence-corrected chi connectivity index (χ0v) is 12.6. The van der Waals surface area contributed by atoms with Crippen LogP contribution < -0.4 is 4.74 Å². The van der Waals surface area contributed by atoms with Crippen LogP contribution >= 0.6 is 15.9 Å². The normalized spacial score (nSPS) is 14.6. The smallest absolute Gasteiger partial charge is 0.425 e. The molecule has 112 valence electrons. The van der Waals surface area contributed by atoms with Gasteiger partial charge in [-0.25, -0.2) is 0 Å². The molecule has 0 spiro atoms. The van der Waals surface area contributed by atoms with Crippen LogP contribution in [0.4, 0.5) is 13.2 Å². The second-order valence-electron chi connectivity index (χ2n) is 4.42. The molecule has 2 aromatic rings. The fourth-order valence-electron chi connectivity index (χ4n) is 2.11. The van der Waals surface area contributed by atoms with Crippen LogP contribution in [0.5, 0.6) is 5.75 Å². The molecular weight excluding hydrogens is 349 g/mol. The first-order chi connectivity index (χ1) is 9.80. The summed E-state index contributed by atoms with van der Waals surface area (Å²) in [5, 5.41) is 10.5. The van der Waals surface area contributed by atoms with Gasteiger partial charge in [0.1, 0.15) is 5.75 Å². The fraction of sp³-hybridized carbons (Fsp3) is 0.200. The topological polar surface area (TPSA) is 29.5 Å². The van der Waals surface area contributed by atoms with Crippen molar-refractivity contribution in [1.29, 1.82) is 0 Å². The van der Waals surface area contributed by atoms with Crippen LogP contribution in [0.3, 0.4) is 0 Å². The van der Waals surface area contributed by atoms with E-state index in [1.54, 1.807) is 6.07 Å². The highest BCUT2D eigenvalue weighted by Crippen LogP contribution is 2.47. The summed E-state index contributed by atoms with van der Waals surface area (Å²) in [5.74, 6) is -0.0276. The van der Waals surface area contributed by atoms with Gasteiger partial charge in [-0.2, -0.15) is 13.2 Å². The van der Waals surface area contributed by atoms with Crippen molar-refractivity contribution in [2.75, 3.05) is 7.11 Å². The van der Waals surface area contributed by atoms with Crippen molar-refractivity contribution in [3.05, 3.63) is 64.1 Å². The number of para-hydroxylation sites is 1. The summed E-state index contributed by atoms with van der Waals surface area (Å²) >= 11 is 3.16. The Morgan fingerprint density at radius 3 is 2.10 bits per heavy atom. The van der Waals surface area contributed by atoms with Crippen molar-refractivity contribution in [2.45, 2.75) is 11.8 Å². The predicted octanol–water partition coefficient (Wildman–Crippen LogP) is 4.26. The lowest BCUT2D eigenvalue weighted by molar-refractivity contribution is -0.248. The molecule has 1 N–H and O–H groups in total. The van der Waals surface area contributed by atoms with Crippen LogP contribution in [-0.4, -0.2) is 18.4 Å². The van der Waals surface area contributed by atoms with E-state index in [9.17, 15) is 18.3 Å². The third kappa shape index (κ3) is 2.78. The largest absolute Gasteiger partial charge is 0.496 e. The first kappa shape index (κ1) is 15.9. The molecule has 2 aromatic carbocycles. The minimum Gasteiger partial charge on any atom is -0.496 e. The van der Waals surface area contributed by atoms with Gasteiger partial charge in [-0.05, 0) is 23.8 Å². The average Bonchev–Trinajstić information content (AvgIpc) is 2.46. The van der Waals surface area contributed by atoms with E-state index in [-0.39, 0.29) is 16.9 Å². The minimum atomic E-state index is -4.89. The van der Waals surface area contributed by atoms with Crippen molar-refractivity contribution >= 4 is 15.9 Å². The molecule has 6 heteroatoms. The highest BCUT2D eigenvalue weighted by molar-refractivity contribution is 9.10. The average molecular weight is 361 g/mol. The molecule has 0 radical (unpaired) electrons. The van der Waals surface area contributed by atoms with Crippen LogP contribution in [0.15, 0.2) is 53.0 Å². The van der Waals surface area contributed by atoms with Crippen LogP contribution in [0.2, 0.25) is 0 Å². The lowest BCUT2D eigenvalue weighted by atomic mass is 9.85. The third-order valence-corrected chi connectivity index (χ3v) is 3.70. The summed E-state index contributed by atoms with van der Waals surface area (Å²) in [4.78, 5) is 0. The number of rotatable bonds is 3. The van der Waals surface area contributed by atoms with Gasteiger partial charge in [0.05, 0.1) is 7.11 Å². The van der Waals surface area contributed by atoms with E-state index in [1.807, 2.05) is 0 Å². The summed E-state index contributed by atoms with van der Waals surface area (Å²) in [6.07, 6.45) is -4.89. The molecule has 1 atom stereocenters. The Morgan fingerprint density at radius 2 is 1.57 bits per heavy atom. The van der Waals surface area contributed by atoms with Gasteiger partial charge in [0.25, 0.3) is 0 Å². The number of ether oxygens (including phenoxy) is 1. The Morgan fingerprint density at radius 1 is 1.00 bits per heavy atom. The van der Waals surface area contributed by atoms with Gasteiger partial charge in [-0.1, -0.05) is 46.3 Å². The Balaban J connectivity index is 2.71. The molecule has 0 aliphatic carbocycles. The first-order valence-corrected chi connectivity index (χ1v) is 6.78. The predicted molar refractivity (Wildman–Crippen MR) is 76.2 cm³/mol. The van der Waals surface area contributed by atoms with Crippen molar-refractivity contribution in [3.63, 3.8) is 0 Å². The molecule has 0 aromatic heterocycles. The molecule has 0 saturated carbocycles. The summed E-state index contributed by atoms with van der Waals surface area (Å²) in [7, 11) is 1.26. The number of hydrogen-bond donors (Lipinski definition) is 1. The fourth-order valence-corrected chi connectivity index (χ4v) is 2.37. The zero-order valence-electron chi connectivity index (χ0n) is 11.0. The number of halogens is 4. The monoisotopic (exact) mass is 360 g/mol. The number of methoxy groups -OCH3 is 1. The third-order valence-electron chi connectivity index (χ3n) is 3.17. The molecule has 2 nitrogen and oxygen atoms in total. The van der Waals surface area contributed by atoms with Gasteiger partial charge in [-0.3, -0.25) is 0 Å². The van der Waals surface area contributed by atoms with Crippen molar-refractivity contribution < 1.29 is 23.0 Å². The number of alkyl halides is 3. The quantitative estimate of drug-likeness (QED) is 0.886. The van der Waals surface area contributed by atoms with Crippen LogP contribution in [0, 0.1) is 0 Å². The maximum absolute atomic E-state index is 13.6. The molecule has 0 fully saturated rings. The second-order valence-corrected chi connectivity index (χ2v) is 5.33. The Bertz CT molecular complexity index is 626. The highest BCUT2D eigenvalue weighted by Gasteiger charge is 2.57.